The number of nitrogens with two attached hydrogens (primary N) is 1. The smallest absolute Gasteiger partial charge is 0.269 e. The van der Waals surface area contributed by atoms with Gasteiger partial charge >= 0.3 is 0 Å². The van der Waals surface area contributed by atoms with Gasteiger partial charge in [-0.25, -0.2) is 4.98 Å². The first-order valence-corrected chi connectivity index (χ1v) is 5.87. The van der Waals surface area contributed by atoms with Gasteiger partial charge in [-0.15, -0.1) is 24.8 Å². The van der Waals surface area contributed by atoms with Crippen LogP contribution in [0.4, 0.5) is 5.69 Å². The molecule has 1 amide bonds. The van der Waals surface area contributed by atoms with Crippen LogP contribution in [0.2, 0.25) is 0 Å². The van der Waals surface area contributed by atoms with Gasteiger partial charge in [-0.2, -0.15) is 0 Å². The minimum atomic E-state index is -0.144. The highest BCUT2D eigenvalue weighted by atomic mass is 35.5. The predicted octanol–water partition coefficient (Wildman–Crippen LogP) is 1.33. The molecule has 0 saturated heterocycles. The molecule has 1 saturated carbocycles. The van der Waals surface area contributed by atoms with Crippen LogP contribution in [-0.4, -0.2) is 42.0 Å². The van der Waals surface area contributed by atoms with Crippen molar-refractivity contribution in [3.8, 4) is 0 Å². The van der Waals surface area contributed by atoms with Gasteiger partial charge in [-0.05, 0) is 32.0 Å². The molecule has 0 aromatic carbocycles. The third-order valence-corrected chi connectivity index (χ3v) is 2.94. The van der Waals surface area contributed by atoms with Crippen LogP contribution in [-0.2, 0) is 0 Å². The van der Waals surface area contributed by atoms with Gasteiger partial charge in [0.15, 0.2) is 0 Å². The Morgan fingerprint density at radius 1 is 1.47 bits per heavy atom. The van der Waals surface area contributed by atoms with E-state index in [-0.39, 0.29) is 30.7 Å². The molecule has 0 atom stereocenters. The summed E-state index contributed by atoms with van der Waals surface area (Å²) in [5, 5.41) is 2.85. The molecule has 5 nitrogen and oxygen atoms in total. The molecule has 0 spiro atoms. The number of hydrogen-bond donors (Lipinski definition) is 2. The number of carbonyl (C=O) groups excluding carboxylic acids is 1. The van der Waals surface area contributed by atoms with Crippen LogP contribution in [0.5, 0.6) is 0 Å². The zero-order valence-electron chi connectivity index (χ0n) is 10.8. The zero-order valence-corrected chi connectivity index (χ0v) is 12.5. The second kappa shape index (κ2) is 8.19. The number of hydrogen-bond acceptors (Lipinski definition) is 4. The number of rotatable bonds is 5. The van der Waals surface area contributed by atoms with Crippen molar-refractivity contribution >= 4 is 36.4 Å². The van der Waals surface area contributed by atoms with Gasteiger partial charge in [0, 0.05) is 19.1 Å². The number of amides is 1. The van der Waals surface area contributed by atoms with E-state index in [0.717, 1.165) is 12.6 Å². The Morgan fingerprint density at radius 3 is 2.68 bits per heavy atom. The lowest BCUT2D eigenvalue weighted by Crippen LogP contribution is -2.34. The van der Waals surface area contributed by atoms with Crippen molar-refractivity contribution < 1.29 is 4.79 Å². The first-order chi connectivity index (χ1) is 8.16. The first-order valence-electron chi connectivity index (χ1n) is 5.87. The Balaban J connectivity index is 0.00000162. The highest BCUT2D eigenvalue weighted by molar-refractivity contribution is 5.92. The number of halogens is 2. The molecular formula is C12H20Cl2N4O. The van der Waals surface area contributed by atoms with Crippen molar-refractivity contribution in [2.75, 3.05) is 25.9 Å². The molecule has 1 aliphatic rings. The molecule has 7 heteroatoms. The van der Waals surface area contributed by atoms with Crippen molar-refractivity contribution in [2.45, 2.75) is 18.9 Å². The molecule has 1 fully saturated rings. The summed E-state index contributed by atoms with van der Waals surface area (Å²) in [6, 6.07) is 4.04. The first kappa shape index (κ1) is 18.0. The van der Waals surface area contributed by atoms with Crippen molar-refractivity contribution in [1.29, 1.82) is 0 Å². The van der Waals surface area contributed by atoms with Crippen molar-refractivity contribution in [1.82, 2.24) is 15.2 Å². The summed E-state index contributed by atoms with van der Waals surface area (Å²) in [5.74, 6) is -0.144. The van der Waals surface area contributed by atoms with E-state index >= 15 is 0 Å². The van der Waals surface area contributed by atoms with Crippen LogP contribution in [0, 0.1) is 0 Å². The van der Waals surface area contributed by atoms with Gasteiger partial charge in [-0.3, -0.25) is 4.79 Å². The minimum absolute atomic E-state index is 0. The molecule has 0 bridgehead atoms. The van der Waals surface area contributed by atoms with Crippen molar-refractivity contribution in [2.24, 2.45) is 0 Å². The number of anilines is 1. The molecule has 0 radical (unpaired) electrons. The van der Waals surface area contributed by atoms with Crippen LogP contribution in [0.1, 0.15) is 23.3 Å². The highest BCUT2D eigenvalue weighted by Crippen LogP contribution is 2.24. The van der Waals surface area contributed by atoms with Crippen molar-refractivity contribution in [3.63, 3.8) is 0 Å². The molecule has 1 aromatic rings. The van der Waals surface area contributed by atoms with E-state index < -0.39 is 0 Å². The summed E-state index contributed by atoms with van der Waals surface area (Å²) < 4.78 is 0. The standard InChI is InChI=1S/C12H18N4O.2ClH/c1-16(10-3-4-10)7-6-14-12(17)11-5-2-9(13)8-15-11;;/h2,5,8,10H,3-4,6-7,13H2,1H3,(H,14,17);2*1H. The third kappa shape index (κ3) is 5.63. The molecule has 1 aliphatic carbocycles. The van der Waals surface area contributed by atoms with Crippen molar-refractivity contribution in [3.05, 3.63) is 24.0 Å². The normalized spacial score (nSPS) is 13.4. The van der Waals surface area contributed by atoms with E-state index in [1.165, 1.54) is 19.0 Å². The van der Waals surface area contributed by atoms with E-state index in [0.29, 0.717) is 17.9 Å². The molecular weight excluding hydrogens is 287 g/mol. The average molecular weight is 307 g/mol. The van der Waals surface area contributed by atoms with Gasteiger partial charge in [0.25, 0.3) is 5.91 Å². The Morgan fingerprint density at radius 2 is 2.16 bits per heavy atom. The number of nitrogens with one attached hydrogen (secondary N) is 1. The van der Waals surface area contributed by atoms with Crippen LogP contribution in [0.25, 0.3) is 0 Å². The summed E-state index contributed by atoms with van der Waals surface area (Å²) in [4.78, 5) is 17.9. The molecule has 1 aromatic heterocycles. The Hall–Kier alpha value is -1.04. The van der Waals surface area contributed by atoms with E-state index in [2.05, 4.69) is 22.2 Å². The summed E-state index contributed by atoms with van der Waals surface area (Å²) in [6.07, 6.45) is 4.05. The fourth-order valence-corrected chi connectivity index (χ4v) is 1.67. The lowest BCUT2D eigenvalue weighted by molar-refractivity contribution is 0.0944. The molecule has 0 aliphatic heterocycles. The van der Waals surface area contributed by atoms with Crippen LogP contribution < -0.4 is 11.1 Å². The summed E-state index contributed by atoms with van der Waals surface area (Å²) >= 11 is 0. The van der Waals surface area contributed by atoms with E-state index in [9.17, 15) is 4.79 Å². The molecule has 3 N–H and O–H groups in total. The lowest BCUT2D eigenvalue weighted by atomic mass is 10.3. The summed E-state index contributed by atoms with van der Waals surface area (Å²) in [5.41, 5.74) is 6.48. The van der Waals surface area contributed by atoms with Gasteiger partial charge in [-0.1, -0.05) is 0 Å². The number of likely N-dealkylation sites (N-methyl/N-ethyl adjacent to an activating group) is 1. The van der Waals surface area contributed by atoms with Crippen LogP contribution in [0.3, 0.4) is 0 Å². The van der Waals surface area contributed by atoms with Crippen LogP contribution in [0.15, 0.2) is 18.3 Å². The number of pyridine rings is 1. The number of nitrogen functional groups attached to an aromatic ring is 1. The quantitative estimate of drug-likeness (QED) is 0.861. The maximum absolute atomic E-state index is 11.7. The summed E-state index contributed by atoms with van der Waals surface area (Å²) in [6.45, 7) is 1.53. The molecule has 108 valence electrons. The van der Waals surface area contributed by atoms with Gasteiger partial charge in [0.1, 0.15) is 5.69 Å². The van der Waals surface area contributed by atoms with E-state index in [1.54, 1.807) is 12.1 Å². The predicted molar refractivity (Wildman–Crippen MR) is 81.1 cm³/mol. The topological polar surface area (TPSA) is 71.2 Å². The monoisotopic (exact) mass is 306 g/mol. The zero-order chi connectivity index (χ0) is 12.3. The largest absolute Gasteiger partial charge is 0.397 e. The minimum Gasteiger partial charge on any atom is -0.397 e. The van der Waals surface area contributed by atoms with Gasteiger partial charge < -0.3 is 16.0 Å². The van der Waals surface area contributed by atoms with Gasteiger partial charge in [0.05, 0.1) is 11.9 Å². The lowest BCUT2D eigenvalue weighted by Gasteiger charge is -2.15. The number of aromatic nitrogens is 1. The molecule has 19 heavy (non-hydrogen) atoms. The number of carbonyl (C=O) groups is 1. The third-order valence-electron chi connectivity index (χ3n) is 2.94. The molecule has 2 rings (SSSR count). The second-order valence-electron chi connectivity index (χ2n) is 4.44. The SMILES string of the molecule is CN(CCNC(=O)c1ccc(N)cn1)C1CC1.Cl.Cl. The Bertz CT molecular complexity index is 395. The highest BCUT2D eigenvalue weighted by Gasteiger charge is 2.25. The van der Waals surface area contributed by atoms with Crippen LogP contribution >= 0.6 is 24.8 Å². The fourth-order valence-electron chi connectivity index (χ4n) is 1.67. The Labute approximate surface area is 125 Å². The number of nitrogens with zero attached hydrogens (tertiary/aromatic N) is 2. The Kier molecular flexibility index (Phi) is 7.75. The average Bonchev–Trinajstić information content (AvgIpc) is 3.13. The maximum atomic E-state index is 11.7. The fraction of sp³-hybridized carbons (Fsp3) is 0.500. The van der Waals surface area contributed by atoms with E-state index in [4.69, 9.17) is 5.73 Å². The maximum Gasteiger partial charge on any atom is 0.269 e. The summed E-state index contributed by atoms with van der Waals surface area (Å²) in [7, 11) is 2.09. The molecule has 1 heterocycles. The van der Waals surface area contributed by atoms with Gasteiger partial charge in [0.2, 0.25) is 0 Å². The molecule has 0 unspecified atom stereocenters. The second-order valence-corrected chi connectivity index (χ2v) is 4.44. The van der Waals surface area contributed by atoms with E-state index in [1.807, 2.05) is 0 Å².